The molecule has 0 amide bonds. The highest BCUT2D eigenvalue weighted by Gasteiger charge is 2.04. The van der Waals surface area contributed by atoms with Gasteiger partial charge in [0.25, 0.3) is 0 Å². The normalized spacial score (nSPS) is 10.9. The summed E-state index contributed by atoms with van der Waals surface area (Å²) in [6, 6.07) is 7.82. The number of methoxy groups -OCH3 is 1. The van der Waals surface area contributed by atoms with Gasteiger partial charge in [0.15, 0.2) is 5.96 Å². The summed E-state index contributed by atoms with van der Waals surface area (Å²) in [4.78, 5) is 8.78. The maximum atomic E-state index is 6.29. The van der Waals surface area contributed by atoms with Crippen molar-refractivity contribution in [1.29, 1.82) is 0 Å². The van der Waals surface area contributed by atoms with Crippen LogP contribution in [-0.2, 0) is 12.8 Å². The van der Waals surface area contributed by atoms with E-state index in [0.29, 0.717) is 0 Å². The Hall–Kier alpha value is -1.54. The molecule has 0 saturated carbocycles. The fourth-order valence-corrected chi connectivity index (χ4v) is 2.85. The second kappa shape index (κ2) is 12.8. The van der Waals surface area contributed by atoms with Gasteiger partial charge in [-0.3, -0.25) is 9.98 Å². The van der Waals surface area contributed by atoms with Crippen LogP contribution in [0.5, 0.6) is 5.75 Å². The van der Waals surface area contributed by atoms with E-state index in [0.717, 1.165) is 54.8 Å². The van der Waals surface area contributed by atoms with E-state index in [1.54, 1.807) is 7.11 Å². The summed E-state index contributed by atoms with van der Waals surface area (Å²) < 4.78 is 5.18. The van der Waals surface area contributed by atoms with Crippen molar-refractivity contribution in [3.63, 3.8) is 0 Å². The van der Waals surface area contributed by atoms with Gasteiger partial charge in [-0.2, -0.15) is 0 Å². The molecule has 0 atom stereocenters. The number of rotatable bonds is 8. The van der Waals surface area contributed by atoms with Crippen molar-refractivity contribution in [2.75, 3.05) is 26.7 Å². The molecule has 27 heavy (non-hydrogen) atoms. The van der Waals surface area contributed by atoms with Crippen LogP contribution in [0.3, 0.4) is 0 Å². The molecular weight excluding hydrogens is 475 g/mol. The average molecular weight is 503 g/mol. The summed E-state index contributed by atoms with van der Waals surface area (Å²) in [6.07, 6.45) is 5.43. The first-order valence-corrected chi connectivity index (χ1v) is 9.26. The molecule has 0 aliphatic carbocycles. The molecule has 0 bridgehead atoms. The van der Waals surface area contributed by atoms with Gasteiger partial charge in [0.05, 0.1) is 7.11 Å². The van der Waals surface area contributed by atoms with Crippen molar-refractivity contribution in [3.05, 3.63) is 58.4 Å². The van der Waals surface area contributed by atoms with E-state index in [4.69, 9.17) is 16.3 Å². The molecule has 2 aromatic rings. The highest BCUT2D eigenvalue weighted by molar-refractivity contribution is 14.0. The van der Waals surface area contributed by atoms with Crippen LogP contribution in [0.15, 0.2) is 41.7 Å². The van der Waals surface area contributed by atoms with E-state index in [-0.39, 0.29) is 24.0 Å². The molecule has 0 saturated heterocycles. The second-order valence-electron chi connectivity index (χ2n) is 5.95. The van der Waals surface area contributed by atoms with Crippen molar-refractivity contribution < 1.29 is 4.74 Å². The molecule has 7 heteroatoms. The number of aliphatic imine (C=N–C) groups is 1. The van der Waals surface area contributed by atoms with Crippen molar-refractivity contribution in [3.8, 4) is 5.75 Å². The molecular formula is C20H28ClIN4O. The Balaban J connectivity index is 0.00000364. The third-order valence-electron chi connectivity index (χ3n) is 4.08. The van der Waals surface area contributed by atoms with Crippen LogP contribution in [0.25, 0.3) is 0 Å². The monoisotopic (exact) mass is 502 g/mol. The molecule has 2 rings (SSSR count). The van der Waals surface area contributed by atoms with Gasteiger partial charge < -0.3 is 15.4 Å². The van der Waals surface area contributed by atoms with Crippen LogP contribution in [0.2, 0.25) is 5.02 Å². The molecule has 0 radical (unpaired) electrons. The van der Waals surface area contributed by atoms with E-state index < -0.39 is 0 Å². The summed E-state index contributed by atoms with van der Waals surface area (Å²) in [7, 11) is 1.64. The summed E-state index contributed by atoms with van der Waals surface area (Å²) in [6.45, 7) is 6.44. The van der Waals surface area contributed by atoms with Crippen LogP contribution >= 0.6 is 35.6 Å². The standard InChI is InChI=1S/C20H27ClN4O.HI/c1-4-23-20(24-11-8-16-7-10-22-14-15(16)2)25-12-9-17-5-6-18(26-3)13-19(17)21;/h5-7,10,13-14H,4,8-9,11-12H2,1-3H3,(H2,23,24,25);1H. The molecule has 1 heterocycles. The minimum Gasteiger partial charge on any atom is -0.497 e. The Morgan fingerprint density at radius 3 is 2.67 bits per heavy atom. The van der Waals surface area contributed by atoms with Crippen molar-refractivity contribution in [1.82, 2.24) is 15.6 Å². The van der Waals surface area contributed by atoms with Crippen molar-refractivity contribution in [2.45, 2.75) is 26.7 Å². The lowest BCUT2D eigenvalue weighted by Gasteiger charge is -2.12. The van der Waals surface area contributed by atoms with Crippen LogP contribution in [0.4, 0.5) is 0 Å². The highest BCUT2D eigenvalue weighted by Crippen LogP contribution is 2.22. The fraction of sp³-hybridized carbons (Fsp3) is 0.400. The largest absolute Gasteiger partial charge is 0.497 e. The molecule has 0 unspecified atom stereocenters. The lowest BCUT2D eigenvalue weighted by molar-refractivity contribution is 0.414. The molecule has 1 aromatic carbocycles. The second-order valence-corrected chi connectivity index (χ2v) is 6.35. The lowest BCUT2D eigenvalue weighted by atomic mass is 10.1. The number of aromatic nitrogens is 1. The van der Waals surface area contributed by atoms with Gasteiger partial charge in [-0.15, -0.1) is 24.0 Å². The van der Waals surface area contributed by atoms with Crippen LogP contribution in [0, 0.1) is 6.92 Å². The van der Waals surface area contributed by atoms with Gasteiger partial charge in [0, 0.05) is 37.1 Å². The van der Waals surface area contributed by atoms with Crippen molar-refractivity contribution in [2.24, 2.45) is 4.99 Å². The molecule has 1 aromatic heterocycles. The summed E-state index contributed by atoms with van der Waals surface area (Å²) in [5, 5.41) is 7.36. The summed E-state index contributed by atoms with van der Waals surface area (Å²) in [5.74, 6) is 1.59. The van der Waals surface area contributed by atoms with Gasteiger partial charge in [0.2, 0.25) is 0 Å². The number of benzene rings is 1. The van der Waals surface area contributed by atoms with Gasteiger partial charge in [-0.25, -0.2) is 0 Å². The Morgan fingerprint density at radius 1 is 1.19 bits per heavy atom. The van der Waals surface area contributed by atoms with Crippen molar-refractivity contribution >= 4 is 41.5 Å². The quantitative estimate of drug-likeness (QED) is 0.325. The average Bonchev–Trinajstić information content (AvgIpc) is 2.64. The lowest BCUT2D eigenvalue weighted by Crippen LogP contribution is -2.38. The zero-order chi connectivity index (χ0) is 18.8. The molecule has 5 nitrogen and oxygen atoms in total. The Labute approximate surface area is 184 Å². The third-order valence-corrected chi connectivity index (χ3v) is 4.43. The van der Waals surface area contributed by atoms with Gasteiger partial charge in [-0.05, 0) is 61.6 Å². The van der Waals surface area contributed by atoms with E-state index in [1.165, 1.54) is 11.1 Å². The number of hydrogen-bond acceptors (Lipinski definition) is 3. The zero-order valence-electron chi connectivity index (χ0n) is 16.1. The predicted octanol–water partition coefficient (Wildman–Crippen LogP) is 4.01. The fourth-order valence-electron chi connectivity index (χ4n) is 2.59. The van der Waals surface area contributed by atoms with E-state index >= 15 is 0 Å². The first-order valence-electron chi connectivity index (χ1n) is 8.88. The Bertz CT molecular complexity index is 740. The first-order chi connectivity index (χ1) is 12.6. The van der Waals surface area contributed by atoms with E-state index in [2.05, 4.69) is 40.5 Å². The number of ether oxygens (including phenoxy) is 1. The molecule has 0 aliphatic rings. The number of nitrogens with zero attached hydrogens (tertiary/aromatic N) is 2. The zero-order valence-corrected chi connectivity index (χ0v) is 19.2. The van der Waals surface area contributed by atoms with Crippen LogP contribution in [0.1, 0.15) is 23.6 Å². The number of aryl methyl sites for hydroxylation is 1. The van der Waals surface area contributed by atoms with Gasteiger partial charge in [0.1, 0.15) is 5.75 Å². The van der Waals surface area contributed by atoms with Crippen LogP contribution < -0.4 is 15.4 Å². The maximum absolute atomic E-state index is 6.29. The Kier molecular flexibility index (Phi) is 11.1. The predicted molar refractivity (Wildman–Crippen MR) is 124 cm³/mol. The molecule has 0 fully saturated rings. The number of hydrogen-bond donors (Lipinski definition) is 2. The first kappa shape index (κ1) is 23.5. The van der Waals surface area contributed by atoms with E-state index in [9.17, 15) is 0 Å². The number of halogens is 2. The number of guanidine groups is 1. The minimum atomic E-state index is 0. The smallest absolute Gasteiger partial charge is 0.191 e. The number of nitrogens with one attached hydrogen (secondary N) is 2. The van der Waals surface area contributed by atoms with Gasteiger partial charge >= 0.3 is 0 Å². The SMILES string of the molecule is CCNC(=NCCc1ccncc1C)NCCc1ccc(OC)cc1Cl.I. The highest BCUT2D eigenvalue weighted by atomic mass is 127. The number of pyridine rings is 1. The Morgan fingerprint density at radius 2 is 2.00 bits per heavy atom. The maximum Gasteiger partial charge on any atom is 0.191 e. The summed E-state index contributed by atoms with van der Waals surface area (Å²) >= 11 is 6.29. The van der Waals surface area contributed by atoms with Gasteiger partial charge in [-0.1, -0.05) is 17.7 Å². The molecule has 0 aliphatic heterocycles. The third kappa shape index (κ3) is 7.92. The minimum absolute atomic E-state index is 0. The topological polar surface area (TPSA) is 58.5 Å². The van der Waals surface area contributed by atoms with E-state index in [1.807, 2.05) is 30.6 Å². The van der Waals surface area contributed by atoms with Crippen LogP contribution in [-0.4, -0.2) is 37.7 Å². The molecule has 0 spiro atoms. The molecule has 2 N–H and O–H groups in total. The summed E-state index contributed by atoms with van der Waals surface area (Å²) in [5.41, 5.74) is 3.57. The molecule has 148 valence electrons.